The molecule has 0 aliphatic carbocycles. The van der Waals surface area contributed by atoms with E-state index in [9.17, 15) is 0 Å². The zero-order valence-corrected chi connectivity index (χ0v) is 12.2. The Kier molecular flexibility index (Phi) is 6.78. The summed E-state index contributed by atoms with van der Waals surface area (Å²) in [7, 11) is 0. The Labute approximate surface area is 113 Å². The van der Waals surface area contributed by atoms with Crippen molar-refractivity contribution in [3.05, 3.63) is 34.3 Å². The summed E-state index contributed by atoms with van der Waals surface area (Å²) in [4.78, 5) is 0. The minimum atomic E-state index is 0.272. The van der Waals surface area contributed by atoms with E-state index in [4.69, 9.17) is 5.11 Å². The number of benzene rings is 1. The summed E-state index contributed by atoms with van der Waals surface area (Å²) >= 11 is 3.60. The molecule has 2 nitrogen and oxygen atoms in total. The first-order chi connectivity index (χ1) is 8.19. The van der Waals surface area contributed by atoms with Gasteiger partial charge in [-0.1, -0.05) is 48.0 Å². The standard InChI is InChI=1S/C14H22BrNO/c1-3-14(16-10-11(2)8-9-17)12-6-4-5-7-13(12)15/h4-7,11,14,16-17H,3,8-10H2,1-2H3. The van der Waals surface area contributed by atoms with E-state index < -0.39 is 0 Å². The molecule has 0 aromatic heterocycles. The molecule has 0 saturated carbocycles. The molecule has 1 rings (SSSR count). The number of aliphatic hydroxyl groups is 1. The molecule has 1 aromatic rings. The van der Waals surface area contributed by atoms with Gasteiger partial charge in [-0.15, -0.1) is 0 Å². The lowest BCUT2D eigenvalue weighted by atomic mass is 10.0. The first-order valence-electron chi connectivity index (χ1n) is 6.27. The number of aliphatic hydroxyl groups excluding tert-OH is 1. The minimum absolute atomic E-state index is 0.272. The van der Waals surface area contributed by atoms with Gasteiger partial charge in [-0.25, -0.2) is 0 Å². The third-order valence-electron chi connectivity index (χ3n) is 3.02. The van der Waals surface area contributed by atoms with Gasteiger partial charge in [-0.2, -0.15) is 0 Å². The third-order valence-corrected chi connectivity index (χ3v) is 3.75. The Morgan fingerprint density at radius 1 is 1.35 bits per heavy atom. The maximum absolute atomic E-state index is 8.88. The van der Waals surface area contributed by atoms with Crippen molar-refractivity contribution in [1.29, 1.82) is 0 Å². The van der Waals surface area contributed by atoms with Gasteiger partial charge in [-0.05, 0) is 36.9 Å². The smallest absolute Gasteiger partial charge is 0.0434 e. The van der Waals surface area contributed by atoms with Crippen LogP contribution in [0.2, 0.25) is 0 Å². The van der Waals surface area contributed by atoms with Crippen molar-refractivity contribution in [1.82, 2.24) is 5.32 Å². The highest BCUT2D eigenvalue weighted by Crippen LogP contribution is 2.25. The molecule has 0 bridgehead atoms. The first-order valence-corrected chi connectivity index (χ1v) is 7.07. The van der Waals surface area contributed by atoms with Gasteiger partial charge in [-0.3, -0.25) is 0 Å². The molecule has 2 unspecified atom stereocenters. The van der Waals surface area contributed by atoms with E-state index in [-0.39, 0.29) is 6.61 Å². The van der Waals surface area contributed by atoms with Crippen molar-refractivity contribution in [3.63, 3.8) is 0 Å². The van der Waals surface area contributed by atoms with Crippen LogP contribution in [-0.2, 0) is 0 Å². The number of halogens is 1. The summed E-state index contributed by atoms with van der Waals surface area (Å²) in [5.41, 5.74) is 1.31. The van der Waals surface area contributed by atoms with Gasteiger partial charge in [0.15, 0.2) is 0 Å². The SMILES string of the molecule is CCC(NCC(C)CCO)c1ccccc1Br. The van der Waals surface area contributed by atoms with Gasteiger partial charge in [0.1, 0.15) is 0 Å². The van der Waals surface area contributed by atoms with Crippen LogP contribution < -0.4 is 5.32 Å². The molecule has 0 spiro atoms. The van der Waals surface area contributed by atoms with Gasteiger partial charge in [0.2, 0.25) is 0 Å². The van der Waals surface area contributed by atoms with Crippen LogP contribution in [0.4, 0.5) is 0 Å². The Balaban J connectivity index is 2.57. The lowest BCUT2D eigenvalue weighted by molar-refractivity contribution is 0.257. The second-order valence-electron chi connectivity index (χ2n) is 4.51. The largest absolute Gasteiger partial charge is 0.396 e. The maximum Gasteiger partial charge on any atom is 0.0434 e. The molecule has 0 heterocycles. The van der Waals surface area contributed by atoms with Gasteiger partial charge >= 0.3 is 0 Å². The zero-order chi connectivity index (χ0) is 12.7. The summed E-state index contributed by atoms with van der Waals surface area (Å²) in [5.74, 6) is 0.511. The second-order valence-corrected chi connectivity index (χ2v) is 5.36. The fraction of sp³-hybridized carbons (Fsp3) is 0.571. The molecular weight excluding hydrogens is 278 g/mol. The van der Waals surface area contributed by atoms with Gasteiger partial charge in [0, 0.05) is 17.1 Å². The van der Waals surface area contributed by atoms with E-state index in [0.29, 0.717) is 12.0 Å². The molecule has 0 fully saturated rings. The van der Waals surface area contributed by atoms with Crippen molar-refractivity contribution in [3.8, 4) is 0 Å². The lowest BCUT2D eigenvalue weighted by Crippen LogP contribution is -2.26. The molecule has 0 amide bonds. The second kappa shape index (κ2) is 7.85. The molecule has 2 N–H and O–H groups in total. The van der Waals surface area contributed by atoms with E-state index in [1.165, 1.54) is 5.56 Å². The van der Waals surface area contributed by atoms with Crippen LogP contribution in [-0.4, -0.2) is 18.3 Å². The van der Waals surface area contributed by atoms with Crippen molar-refractivity contribution in [2.24, 2.45) is 5.92 Å². The third kappa shape index (κ3) is 4.78. The quantitative estimate of drug-likeness (QED) is 0.807. The van der Waals surface area contributed by atoms with Crippen LogP contribution in [0.5, 0.6) is 0 Å². The number of hydrogen-bond acceptors (Lipinski definition) is 2. The molecule has 1 aromatic carbocycles. The molecule has 0 aliphatic rings. The van der Waals surface area contributed by atoms with Crippen molar-refractivity contribution >= 4 is 15.9 Å². The average molecular weight is 300 g/mol. The molecule has 96 valence electrons. The Morgan fingerprint density at radius 2 is 2.06 bits per heavy atom. The van der Waals surface area contributed by atoms with E-state index >= 15 is 0 Å². The number of hydrogen-bond donors (Lipinski definition) is 2. The summed E-state index contributed by atoms with van der Waals surface area (Å²) < 4.78 is 1.16. The zero-order valence-electron chi connectivity index (χ0n) is 10.6. The molecule has 0 aliphatic heterocycles. The monoisotopic (exact) mass is 299 g/mol. The molecule has 3 heteroatoms. The van der Waals surface area contributed by atoms with Crippen LogP contribution in [0.3, 0.4) is 0 Å². The Bertz CT molecular complexity index is 330. The van der Waals surface area contributed by atoms with Crippen LogP contribution in [0.1, 0.15) is 38.3 Å². The van der Waals surface area contributed by atoms with Crippen LogP contribution >= 0.6 is 15.9 Å². The average Bonchev–Trinajstić information content (AvgIpc) is 2.32. The maximum atomic E-state index is 8.88. The minimum Gasteiger partial charge on any atom is -0.396 e. The molecule has 0 radical (unpaired) electrons. The predicted octanol–water partition coefficient (Wildman–Crippen LogP) is 3.51. The van der Waals surface area contributed by atoms with Crippen molar-refractivity contribution < 1.29 is 5.11 Å². The molecule has 0 saturated heterocycles. The number of rotatable bonds is 7. The fourth-order valence-corrected chi connectivity index (χ4v) is 2.46. The van der Waals surface area contributed by atoms with Crippen LogP contribution in [0.25, 0.3) is 0 Å². The summed E-state index contributed by atoms with van der Waals surface area (Å²) in [6.07, 6.45) is 1.92. The van der Waals surface area contributed by atoms with E-state index in [1.807, 2.05) is 6.07 Å². The van der Waals surface area contributed by atoms with E-state index in [2.05, 4.69) is 53.3 Å². The van der Waals surface area contributed by atoms with Crippen molar-refractivity contribution in [2.45, 2.75) is 32.7 Å². The van der Waals surface area contributed by atoms with Crippen LogP contribution in [0.15, 0.2) is 28.7 Å². The van der Waals surface area contributed by atoms with Gasteiger partial charge in [0.05, 0.1) is 0 Å². The molecule has 17 heavy (non-hydrogen) atoms. The highest BCUT2D eigenvalue weighted by Gasteiger charge is 2.12. The number of nitrogens with one attached hydrogen (secondary N) is 1. The summed E-state index contributed by atoms with van der Waals surface area (Å²) in [6.45, 7) is 5.57. The van der Waals surface area contributed by atoms with Gasteiger partial charge < -0.3 is 10.4 Å². The first kappa shape index (κ1) is 14.7. The normalized spacial score (nSPS) is 14.6. The predicted molar refractivity (Wildman–Crippen MR) is 76.0 cm³/mol. The molecule has 2 atom stereocenters. The Morgan fingerprint density at radius 3 is 2.65 bits per heavy atom. The summed E-state index contributed by atoms with van der Waals surface area (Å²) in [5, 5.41) is 12.5. The van der Waals surface area contributed by atoms with Crippen molar-refractivity contribution in [2.75, 3.05) is 13.2 Å². The Hall–Kier alpha value is -0.380. The fourth-order valence-electron chi connectivity index (χ4n) is 1.90. The van der Waals surface area contributed by atoms with Gasteiger partial charge in [0.25, 0.3) is 0 Å². The van der Waals surface area contributed by atoms with Crippen LogP contribution in [0, 0.1) is 5.92 Å². The highest BCUT2D eigenvalue weighted by molar-refractivity contribution is 9.10. The topological polar surface area (TPSA) is 32.3 Å². The lowest BCUT2D eigenvalue weighted by Gasteiger charge is -2.21. The van der Waals surface area contributed by atoms with E-state index in [1.54, 1.807) is 0 Å². The highest BCUT2D eigenvalue weighted by atomic mass is 79.9. The van der Waals surface area contributed by atoms with E-state index in [0.717, 1.165) is 23.9 Å². The summed E-state index contributed by atoms with van der Waals surface area (Å²) in [6, 6.07) is 8.72. The molecular formula is C14H22BrNO.